The van der Waals surface area contributed by atoms with Crippen molar-refractivity contribution in [1.29, 1.82) is 0 Å². The average molecular weight is 137 g/mol. The molecule has 1 rings (SSSR count). The molecular weight excluding hydrogens is 122 g/mol. The van der Waals surface area contributed by atoms with Gasteiger partial charge in [-0.05, 0) is 33.0 Å². The summed E-state index contributed by atoms with van der Waals surface area (Å²) in [7, 11) is 4.21. The molecule has 0 spiro atoms. The zero-order chi connectivity index (χ0) is 7.56. The Morgan fingerprint density at radius 1 is 1.50 bits per heavy atom. The topological polar surface area (TPSA) is 3.24 Å². The van der Waals surface area contributed by atoms with Crippen LogP contribution in [0.25, 0.3) is 0 Å². The second kappa shape index (κ2) is 3.02. The zero-order valence-electron chi connectivity index (χ0n) is 7.02. The molecule has 0 aliphatic heterocycles. The predicted octanol–water partition coefficient (Wildman–Crippen LogP) is 1.82. The van der Waals surface area contributed by atoms with Crippen molar-refractivity contribution >= 4 is 0 Å². The quantitative estimate of drug-likeness (QED) is 0.561. The summed E-state index contributed by atoms with van der Waals surface area (Å²) in [4.78, 5) is 2.20. The maximum atomic E-state index is 2.23. The molecule has 0 aromatic rings. The van der Waals surface area contributed by atoms with Crippen LogP contribution in [0.3, 0.4) is 0 Å². The predicted molar refractivity (Wildman–Crippen MR) is 45.0 cm³/mol. The SMILES string of the molecule is CC1=C(CN(C)C)C=CC1. The van der Waals surface area contributed by atoms with Gasteiger partial charge in [-0.2, -0.15) is 0 Å². The largest absolute Gasteiger partial charge is 0.305 e. The fourth-order valence-electron chi connectivity index (χ4n) is 1.18. The Bertz CT molecular complexity index is 175. The molecule has 56 valence electrons. The number of nitrogens with zero attached hydrogens (tertiary/aromatic N) is 1. The Morgan fingerprint density at radius 3 is 2.60 bits per heavy atom. The van der Waals surface area contributed by atoms with Gasteiger partial charge in [-0.15, -0.1) is 0 Å². The molecule has 0 bridgehead atoms. The lowest BCUT2D eigenvalue weighted by atomic mass is 10.2. The lowest BCUT2D eigenvalue weighted by molar-refractivity contribution is 0.448. The molecule has 0 fully saturated rings. The van der Waals surface area contributed by atoms with Crippen molar-refractivity contribution < 1.29 is 0 Å². The van der Waals surface area contributed by atoms with Gasteiger partial charge in [0.2, 0.25) is 0 Å². The van der Waals surface area contributed by atoms with Gasteiger partial charge in [0.15, 0.2) is 0 Å². The maximum Gasteiger partial charge on any atom is 0.0227 e. The molecule has 0 heterocycles. The first-order chi connectivity index (χ1) is 4.70. The van der Waals surface area contributed by atoms with Gasteiger partial charge < -0.3 is 4.90 Å². The smallest absolute Gasteiger partial charge is 0.0227 e. The van der Waals surface area contributed by atoms with Crippen LogP contribution in [0.15, 0.2) is 23.3 Å². The van der Waals surface area contributed by atoms with E-state index in [0.29, 0.717) is 0 Å². The van der Waals surface area contributed by atoms with Crippen LogP contribution in [0.2, 0.25) is 0 Å². The Hall–Kier alpha value is -0.560. The van der Waals surface area contributed by atoms with Gasteiger partial charge >= 0.3 is 0 Å². The minimum absolute atomic E-state index is 1.09. The first-order valence-electron chi connectivity index (χ1n) is 3.70. The summed E-state index contributed by atoms with van der Waals surface area (Å²) < 4.78 is 0. The highest BCUT2D eigenvalue weighted by Crippen LogP contribution is 2.17. The molecule has 1 nitrogen and oxygen atoms in total. The fourth-order valence-corrected chi connectivity index (χ4v) is 1.18. The molecule has 0 saturated carbocycles. The van der Waals surface area contributed by atoms with E-state index < -0.39 is 0 Å². The number of allylic oxidation sites excluding steroid dienone is 2. The van der Waals surface area contributed by atoms with E-state index in [0.717, 1.165) is 13.0 Å². The molecule has 1 aliphatic rings. The van der Waals surface area contributed by atoms with E-state index in [1.807, 2.05) is 0 Å². The summed E-state index contributed by atoms with van der Waals surface area (Å²) in [6.45, 7) is 3.29. The molecule has 1 aliphatic carbocycles. The van der Waals surface area contributed by atoms with Crippen molar-refractivity contribution in [2.24, 2.45) is 0 Å². The van der Waals surface area contributed by atoms with Crippen molar-refractivity contribution in [3.63, 3.8) is 0 Å². The summed E-state index contributed by atoms with van der Waals surface area (Å²) in [5, 5.41) is 0. The van der Waals surface area contributed by atoms with E-state index in [1.165, 1.54) is 11.1 Å². The minimum atomic E-state index is 1.09. The average Bonchev–Trinajstić information content (AvgIpc) is 2.15. The summed E-state index contributed by atoms with van der Waals surface area (Å²) in [5.41, 5.74) is 3.01. The highest BCUT2D eigenvalue weighted by Gasteiger charge is 2.04. The van der Waals surface area contributed by atoms with Crippen LogP contribution in [0, 0.1) is 0 Å². The summed E-state index contributed by atoms with van der Waals surface area (Å²) >= 11 is 0. The molecular formula is C9H15N. The highest BCUT2D eigenvalue weighted by atomic mass is 15.0. The van der Waals surface area contributed by atoms with Gasteiger partial charge in [-0.1, -0.05) is 17.7 Å². The fraction of sp³-hybridized carbons (Fsp3) is 0.556. The van der Waals surface area contributed by atoms with Crippen molar-refractivity contribution in [2.45, 2.75) is 13.3 Å². The molecule has 0 unspecified atom stereocenters. The van der Waals surface area contributed by atoms with E-state index in [9.17, 15) is 0 Å². The van der Waals surface area contributed by atoms with Crippen molar-refractivity contribution in [1.82, 2.24) is 4.90 Å². The molecule has 0 radical (unpaired) electrons. The van der Waals surface area contributed by atoms with Crippen LogP contribution in [0.4, 0.5) is 0 Å². The first-order valence-corrected chi connectivity index (χ1v) is 3.70. The summed E-state index contributed by atoms with van der Waals surface area (Å²) in [6.07, 6.45) is 5.62. The van der Waals surface area contributed by atoms with Crippen LogP contribution in [0.1, 0.15) is 13.3 Å². The second-order valence-electron chi connectivity index (χ2n) is 3.15. The van der Waals surface area contributed by atoms with Gasteiger partial charge in [-0.3, -0.25) is 0 Å². The van der Waals surface area contributed by atoms with Gasteiger partial charge in [0.1, 0.15) is 0 Å². The Balaban J connectivity index is 2.54. The van der Waals surface area contributed by atoms with E-state index in [1.54, 1.807) is 0 Å². The third kappa shape index (κ3) is 1.71. The maximum absolute atomic E-state index is 2.23. The second-order valence-corrected chi connectivity index (χ2v) is 3.15. The molecule has 10 heavy (non-hydrogen) atoms. The third-order valence-corrected chi connectivity index (χ3v) is 1.78. The van der Waals surface area contributed by atoms with Crippen molar-refractivity contribution in [2.75, 3.05) is 20.6 Å². The molecule has 0 aromatic heterocycles. The molecule has 1 heteroatoms. The van der Waals surface area contributed by atoms with Crippen molar-refractivity contribution in [3.8, 4) is 0 Å². The van der Waals surface area contributed by atoms with Gasteiger partial charge in [0.05, 0.1) is 0 Å². The van der Waals surface area contributed by atoms with Crippen LogP contribution in [0.5, 0.6) is 0 Å². The summed E-state index contributed by atoms with van der Waals surface area (Å²) in [5.74, 6) is 0. The van der Waals surface area contributed by atoms with Crippen LogP contribution in [-0.4, -0.2) is 25.5 Å². The third-order valence-electron chi connectivity index (χ3n) is 1.78. The molecule has 0 atom stereocenters. The molecule has 0 N–H and O–H groups in total. The highest BCUT2D eigenvalue weighted by molar-refractivity contribution is 5.33. The lowest BCUT2D eigenvalue weighted by Crippen LogP contribution is -2.14. The standard InChI is InChI=1S/C9H15N/c1-8-5-4-6-9(8)7-10(2)3/h4,6H,5,7H2,1-3H3. The zero-order valence-corrected chi connectivity index (χ0v) is 7.02. The normalized spacial score (nSPS) is 17.6. The van der Waals surface area contributed by atoms with Gasteiger partial charge in [0.25, 0.3) is 0 Å². The summed E-state index contributed by atoms with van der Waals surface area (Å²) in [6, 6.07) is 0. The van der Waals surface area contributed by atoms with Crippen molar-refractivity contribution in [3.05, 3.63) is 23.3 Å². The molecule has 0 saturated heterocycles. The Labute approximate surface area is 63.0 Å². The first kappa shape index (κ1) is 7.55. The molecule has 0 aromatic carbocycles. The van der Waals surface area contributed by atoms with E-state index in [-0.39, 0.29) is 0 Å². The van der Waals surface area contributed by atoms with Crippen LogP contribution >= 0.6 is 0 Å². The van der Waals surface area contributed by atoms with E-state index in [2.05, 4.69) is 38.1 Å². The number of hydrogen-bond acceptors (Lipinski definition) is 1. The lowest BCUT2D eigenvalue weighted by Gasteiger charge is -2.09. The van der Waals surface area contributed by atoms with Crippen LogP contribution in [-0.2, 0) is 0 Å². The van der Waals surface area contributed by atoms with Crippen LogP contribution < -0.4 is 0 Å². The van der Waals surface area contributed by atoms with Gasteiger partial charge in [-0.25, -0.2) is 0 Å². The van der Waals surface area contributed by atoms with E-state index >= 15 is 0 Å². The number of hydrogen-bond donors (Lipinski definition) is 0. The number of rotatable bonds is 2. The van der Waals surface area contributed by atoms with Gasteiger partial charge in [0, 0.05) is 6.54 Å². The monoisotopic (exact) mass is 137 g/mol. The Morgan fingerprint density at radius 2 is 2.20 bits per heavy atom. The Kier molecular flexibility index (Phi) is 2.28. The van der Waals surface area contributed by atoms with E-state index in [4.69, 9.17) is 0 Å². The molecule has 0 amide bonds. The minimum Gasteiger partial charge on any atom is -0.305 e. The number of likely N-dealkylation sites (N-methyl/N-ethyl adjacent to an activating group) is 1.